The minimum atomic E-state index is 0.521. The van der Waals surface area contributed by atoms with Crippen LogP contribution in [0.4, 0.5) is 0 Å². The molecule has 11 heavy (non-hydrogen) atoms. The minimum Gasteiger partial charge on any atom is -0.311 e. The highest BCUT2D eigenvalue weighted by atomic mass is 32.2. The van der Waals surface area contributed by atoms with Gasteiger partial charge in [-0.1, -0.05) is 0 Å². The van der Waals surface area contributed by atoms with Gasteiger partial charge in [0.2, 0.25) is 0 Å². The lowest BCUT2D eigenvalue weighted by Crippen LogP contribution is -2.50. The van der Waals surface area contributed by atoms with Crippen LogP contribution in [0, 0.1) is 5.92 Å². The van der Waals surface area contributed by atoms with Gasteiger partial charge in [-0.3, -0.25) is 0 Å². The van der Waals surface area contributed by atoms with Crippen LogP contribution >= 0.6 is 12.0 Å². The Morgan fingerprint density at radius 1 is 1.36 bits per heavy atom. The van der Waals surface area contributed by atoms with E-state index in [-0.39, 0.29) is 0 Å². The molecule has 0 amide bonds. The van der Waals surface area contributed by atoms with Crippen molar-refractivity contribution < 1.29 is 4.18 Å². The molecule has 0 saturated carbocycles. The van der Waals surface area contributed by atoms with Gasteiger partial charge >= 0.3 is 0 Å². The lowest BCUT2D eigenvalue weighted by atomic mass is 9.86. The van der Waals surface area contributed by atoms with Gasteiger partial charge in [-0.2, -0.15) is 0 Å². The monoisotopic (exact) mass is 173 g/mol. The Kier molecular flexibility index (Phi) is 2.39. The molecule has 3 rings (SSSR count). The summed E-state index contributed by atoms with van der Waals surface area (Å²) in [5.74, 6) is 0.854. The maximum Gasteiger partial charge on any atom is 0.0877 e. The van der Waals surface area contributed by atoms with Gasteiger partial charge in [0.25, 0.3) is 0 Å². The van der Waals surface area contributed by atoms with Crippen LogP contribution in [0.1, 0.15) is 12.8 Å². The third-order valence-electron chi connectivity index (χ3n) is 2.82. The summed E-state index contributed by atoms with van der Waals surface area (Å²) in [5.41, 5.74) is 0. The lowest BCUT2D eigenvalue weighted by Gasteiger charge is -2.43. The van der Waals surface area contributed by atoms with E-state index in [9.17, 15) is 0 Å². The first-order valence-electron chi connectivity index (χ1n) is 4.32. The van der Waals surface area contributed by atoms with Crippen LogP contribution in [0.3, 0.4) is 0 Å². The molecular weight excluding hydrogens is 158 g/mol. The number of piperidine rings is 3. The fourth-order valence-corrected chi connectivity index (χ4v) is 2.61. The van der Waals surface area contributed by atoms with Crippen molar-refractivity contribution in [2.45, 2.75) is 18.9 Å². The first-order valence-corrected chi connectivity index (χ1v) is 5.47. The number of hydrogen-bond acceptors (Lipinski definition) is 3. The van der Waals surface area contributed by atoms with E-state index >= 15 is 0 Å². The average Bonchev–Trinajstić information content (AvgIpc) is 2.07. The summed E-state index contributed by atoms with van der Waals surface area (Å²) >= 11 is 1.52. The molecule has 3 heteroatoms. The molecule has 0 radical (unpaired) electrons. The summed E-state index contributed by atoms with van der Waals surface area (Å²) < 4.78 is 5.59. The Bertz CT molecular complexity index is 134. The second-order valence-corrected chi connectivity index (χ2v) is 3.97. The Hall–Kier alpha value is 0.270. The van der Waals surface area contributed by atoms with Gasteiger partial charge in [0.05, 0.1) is 6.10 Å². The fraction of sp³-hybridized carbons (Fsp3) is 1.00. The Labute approximate surface area is 72.5 Å². The summed E-state index contributed by atoms with van der Waals surface area (Å²) in [4.78, 5) is 2.51. The van der Waals surface area contributed by atoms with E-state index in [2.05, 4.69) is 4.90 Å². The van der Waals surface area contributed by atoms with Crippen molar-refractivity contribution >= 4 is 12.0 Å². The van der Waals surface area contributed by atoms with Gasteiger partial charge in [-0.15, -0.1) is 0 Å². The van der Waals surface area contributed by atoms with Crippen molar-refractivity contribution in [2.24, 2.45) is 5.92 Å². The zero-order chi connectivity index (χ0) is 7.68. The Morgan fingerprint density at radius 2 is 2.09 bits per heavy atom. The molecule has 3 aliphatic rings. The first-order chi connectivity index (χ1) is 5.40. The van der Waals surface area contributed by atoms with Crippen molar-refractivity contribution in [3.05, 3.63) is 0 Å². The average molecular weight is 173 g/mol. The van der Waals surface area contributed by atoms with Crippen molar-refractivity contribution in [1.29, 1.82) is 0 Å². The molecule has 1 atom stereocenters. The van der Waals surface area contributed by atoms with Crippen LogP contribution < -0.4 is 0 Å². The molecule has 0 aromatic rings. The third-order valence-corrected chi connectivity index (χ3v) is 3.26. The summed E-state index contributed by atoms with van der Waals surface area (Å²) in [5, 5.41) is 0. The van der Waals surface area contributed by atoms with Crippen molar-refractivity contribution in [3.63, 3.8) is 0 Å². The standard InChI is InChI=1S/C8H15NOS/c1-11-10-8-6-9-4-2-7(8)3-5-9/h7-8H,2-6H2,1H3. The molecule has 0 aromatic carbocycles. The van der Waals surface area contributed by atoms with Gasteiger partial charge in [0.1, 0.15) is 0 Å². The Morgan fingerprint density at radius 3 is 2.55 bits per heavy atom. The van der Waals surface area contributed by atoms with Crippen LogP contribution in [0.15, 0.2) is 0 Å². The third kappa shape index (κ3) is 1.55. The number of fused-ring (bicyclic) bond motifs is 3. The predicted molar refractivity (Wildman–Crippen MR) is 47.6 cm³/mol. The van der Waals surface area contributed by atoms with Crippen molar-refractivity contribution in [2.75, 3.05) is 25.9 Å². The highest BCUT2D eigenvalue weighted by molar-refractivity contribution is 7.93. The molecule has 0 aromatic heterocycles. The molecule has 0 aliphatic carbocycles. The maximum atomic E-state index is 5.59. The summed E-state index contributed by atoms with van der Waals surface area (Å²) in [6, 6.07) is 0. The highest BCUT2D eigenvalue weighted by Gasteiger charge is 2.34. The first kappa shape index (κ1) is 7.90. The normalized spacial score (nSPS) is 42.8. The summed E-state index contributed by atoms with van der Waals surface area (Å²) in [6.07, 6.45) is 5.24. The Balaban J connectivity index is 1.92. The predicted octanol–water partition coefficient (Wildman–Crippen LogP) is 1.38. The smallest absolute Gasteiger partial charge is 0.0877 e. The zero-order valence-corrected chi connectivity index (χ0v) is 7.77. The number of hydrogen-bond donors (Lipinski definition) is 0. The summed E-state index contributed by atoms with van der Waals surface area (Å²) in [6.45, 7) is 3.78. The fourth-order valence-electron chi connectivity index (χ4n) is 2.14. The SMILES string of the molecule is CSOC1CN2CCC1CC2. The molecule has 3 fully saturated rings. The maximum absolute atomic E-state index is 5.59. The molecule has 1 unspecified atom stereocenters. The van der Waals surface area contributed by atoms with E-state index < -0.39 is 0 Å². The van der Waals surface area contributed by atoms with Crippen LogP contribution in [0.5, 0.6) is 0 Å². The molecule has 64 valence electrons. The molecule has 0 N–H and O–H groups in total. The van der Waals surface area contributed by atoms with Crippen LogP contribution in [0.25, 0.3) is 0 Å². The molecular formula is C8H15NOS. The number of rotatable bonds is 2. The van der Waals surface area contributed by atoms with Crippen LogP contribution in [-0.2, 0) is 4.18 Å². The van der Waals surface area contributed by atoms with E-state index in [0.29, 0.717) is 6.10 Å². The molecule has 3 saturated heterocycles. The molecule has 0 spiro atoms. The van der Waals surface area contributed by atoms with E-state index in [0.717, 1.165) is 5.92 Å². The highest BCUT2D eigenvalue weighted by Crippen LogP contribution is 2.30. The molecule has 2 bridgehead atoms. The zero-order valence-electron chi connectivity index (χ0n) is 6.95. The van der Waals surface area contributed by atoms with Gasteiger partial charge in [0.15, 0.2) is 0 Å². The largest absolute Gasteiger partial charge is 0.311 e. The van der Waals surface area contributed by atoms with E-state index in [4.69, 9.17) is 4.18 Å². The van der Waals surface area contributed by atoms with Crippen molar-refractivity contribution in [1.82, 2.24) is 4.90 Å². The van der Waals surface area contributed by atoms with Gasteiger partial charge in [-0.25, -0.2) is 0 Å². The van der Waals surface area contributed by atoms with E-state index in [1.165, 1.54) is 44.5 Å². The van der Waals surface area contributed by atoms with E-state index in [1.807, 2.05) is 6.26 Å². The minimum absolute atomic E-state index is 0.521. The number of nitrogens with zero attached hydrogens (tertiary/aromatic N) is 1. The summed E-state index contributed by atoms with van der Waals surface area (Å²) in [7, 11) is 0. The molecule has 2 nitrogen and oxygen atoms in total. The second kappa shape index (κ2) is 3.33. The van der Waals surface area contributed by atoms with Gasteiger partial charge < -0.3 is 9.08 Å². The van der Waals surface area contributed by atoms with Crippen LogP contribution in [0.2, 0.25) is 0 Å². The van der Waals surface area contributed by atoms with E-state index in [1.54, 1.807) is 0 Å². The topological polar surface area (TPSA) is 12.5 Å². The molecule has 3 aliphatic heterocycles. The second-order valence-electron chi connectivity index (χ2n) is 3.44. The van der Waals surface area contributed by atoms with Gasteiger partial charge in [-0.05, 0) is 43.9 Å². The van der Waals surface area contributed by atoms with Crippen LogP contribution in [-0.4, -0.2) is 36.9 Å². The quantitative estimate of drug-likeness (QED) is 0.585. The lowest BCUT2D eigenvalue weighted by molar-refractivity contribution is 0.00293. The van der Waals surface area contributed by atoms with Gasteiger partial charge in [0, 0.05) is 12.8 Å². The molecule has 3 heterocycles. The van der Waals surface area contributed by atoms with Crippen molar-refractivity contribution in [3.8, 4) is 0 Å².